The van der Waals surface area contributed by atoms with E-state index in [-0.39, 0.29) is 11.9 Å². The number of amides is 1. The molecular formula is C15H21BrN2O. The number of carbonyl (C=O) groups is 1. The first-order chi connectivity index (χ1) is 9.06. The van der Waals surface area contributed by atoms with Crippen molar-refractivity contribution in [3.8, 4) is 0 Å². The van der Waals surface area contributed by atoms with Gasteiger partial charge in [0.1, 0.15) is 0 Å². The van der Waals surface area contributed by atoms with E-state index in [2.05, 4.69) is 22.9 Å². The lowest BCUT2D eigenvalue weighted by Crippen LogP contribution is -2.51. The summed E-state index contributed by atoms with van der Waals surface area (Å²) in [6.45, 7) is 5.52. The van der Waals surface area contributed by atoms with E-state index < -0.39 is 0 Å². The minimum absolute atomic E-state index is 0.112. The lowest BCUT2D eigenvalue weighted by molar-refractivity contribution is 0.0532. The number of hydrogen-bond acceptors (Lipinski definition) is 2. The van der Waals surface area contributed by atoms with Gasteiger partial charge in [-0.1, -0.05) is 28.9 Å². The number of rotatable bonds is 2. The molecule has 104 valence electrons. The van der Waals surface area contributed by atoms with Crippen LogP contribution in [0.15, 0.2) is 22.7 Å². The normalized spacial score (nSPS) is 23.5. The van der Waals surface area contributed by atoms with Gasteiger partial charge in [0.2, 0.25) is 0 Å². The summed E-state index contributed by atoms with van der Waals surface area (Å²) < 4.78 is 0.979. The summed E-state index contributed by atoms with van der Waals surface area (Å²) in [5.74, 6) is 0.593. The Morgan fingerprint density at radius 1 is 1.53 bits per heavy atom. The molecule has 2 N–H and O–H groups in total. The highest BCUT2D eigenvalue weighted by Gasteiger charge is 2.31. The van der Waals surface area contributed by atoms with E-state index in [4.69, 9.17) is 5.73 Å². The minimum atomic E-state index is 0.112. The summed E-state index contributed by atoms with van der Waals surface area (Å²) in [4.78, 5) is 14.7. The van der Waals surface area contributed by atoms with Crippen LogP contribution in [-0.4, -0.2) is 29.9 Å². The molecule has 1 aromatic carbocycles. The molecule has 0 aromatic heterocycles. The fraction of sp³-hybridized carbons (Fsp3) is 0.533. The second kappa shape index (κ2) is 6.06. The van der Waals surface area contributed by atoms with Crippen molar-refractivity contribution in [2.75, 3.05) is 13.1 Å². The highest BCUT2D eigenvalue weighted by molar-refractivity contribution is 9.10. The molecule has 2 rings (SSSR count). The molecule has 0 radical (unpaired) electrons. The van der Waals surface area contributed by atoms with Crippen LogP contribution in [0, 0.1) is 12.8 Å². The standard InChI is InChI=1S/C15H21BrN2O/c1-10-5-4-8-18(14(10)9-17)15(19)12-6-3-7-13(16)11(12)2/h3,6-7,10,14H,4-5,8-9,17H2,1-2H3. The fourth-order valence-electron chi connectivity index (χ4n) is 2.85. The Morgan fingerprint density at radius 2 is 2.26 bits per heavy atom. The first kappa shape index (κ1) is 14.5. The van der Waals surface area contributed by atoms with Gasteiger partial charge in [0.05, 0.1) is 0 Å². The Kier molecular flexibility index (Phi) is 4.63. The van der Waals surface area contributed by atoms with Gasteiger partial charge in [-0.3, -0.25) is 4.79 Å². The van der Waals surface area contributed by atoms with Crippen molar-refractivity contribution in [2.45, 2.75) is 32.7 Å². The van der Waals surface area contributed by atoms with Crippen molar-refractivity contribution in [3.05, 3.63) is 33.8 Å². The summed E-state index contributed by atoms with van der Waals surface area (Å²) in [6.07, 6.45) is 2.22. The second-order valence-electron chi connectivity index (χ2n) is 5.33. The number of benzene rings is 1. The summed E-state index contributed by atoms with van der Waals surface area (Å²) in [5, 5.41) is 0. The van der Waals surface area contributed by atoms with Crippen LogP contribution >= 0.6 is 15.9 Å². The molecule has 0 saturated carbocycles. The van der Waals surface area contributed by atoms with E-state index in [1.165, 1.54) is 0 Å². The van der Waals surface area contributed by atoms with Crippen molar-refractivity contribution >= 4 is 21.8 Å². The van der Waals surface area contributed by atoms with Crippen LogP contribution in [0.2, 0.25) is 0 Å². The zero-order chi connectivity index (χ0) is 14.0. The van der Waals surface area contributed by atoms with Crippen molar-refractivity contribution in [1.29, 1.82) is 0 Å². The highest BCUT2D eigenvalue weighted by Crippen LogP contribution is 2.27. The SMILES string of the molecule is Cc1c(Br)cccc1C(=O)N1CCCC(C)C1CN. The number of likely N-dealkylation sites (tertiary alicyclic amines) is 1. The molecule has 1 aliphatic heterocycles. The molecule has 1 saturated heterocycles. The number of piperidine rings is 1. The second-order valence-corrected chi connectivity index (χ2v) is 6.19. The molecular weight excluding hydrogens is 304 g/mol. The largest absolute Gasteiger partial charge is 0.334 e. The monoisotopic (exact) mass is 324 g/mol. The van der Waals surface area contributed by atoms with Crippen molar-refractivity contribution < 1.29 is 4.79 Å². The van der Waals surface area contributed by atoms with Crippen LogP contribution in [0.5, 0.6) is 0 Å². The van der Waals surface area contributed by atoms with Crippen LogP contribution < -0.4 is 5.73 Å². The molecule has 4 heteroatoms. The summed E-state index contributed by atoms with van der Waals surface area (Å²) >= 11 is 3.49. The Bertz CT molecular complexity index is 475. The number of hydrogen-bond donors (Lipinski definition) is 1. The molecule has 2 unspecified atom stereocenters. The van der Waals surface area contributed by atoms with E-state index in [1.54, 1.807) is 0 Å². The average molecular weight is 325 g/mol. The highest BCUT2D eigenvalue weighted by atomic mass is 79.9. The van der Waals surface area contributed by atoms with E-state index in [0.29, 0.717) is 12.5 Å². The minimum Gasteiger partial charge on any atom is -0.334 e. The van der Waals surface area contributed by atoms with Crippen molar-refractivity contribution in [1.82, 2.24) is 4.90 Å². The molecule has 0 bridgehead atoms. The molecule has 1 amide bonds. The number of nitrogens with zero attached hydrogens (tertiary/aromatic N) is 1. The summed E-state index contributed by atoms with van der Waals surface area (Å²) in [6, 6.07) is 5.94. The first-order valence-corrected chi connectivity index (χ1v) is 7.61. The summed E-state index contributed by atoms with van der Waals surface area (Å²) in [7, 11) is 0. The van der Waals surface area contributed by atoms with Crippen LogP contribution in [0.25, 0.3) is 0 Å². The van der Waals surface area contributed by atoms with Gasteiger partial charge < -0.3 is 10.6 Å². The first-order valence-electron chi connectivity index (χ1n) is 6.82. The number of halogens is 1. The third kappa shape index (κ3) is 2.84. The van der Waals surface area contributed by atoms with Gasteiger partial charge in [-0.15, -0.1) is 0 Å². The van der Waals surface area contributed by atoms with Crippen LogP contribution in [0.4, 0.5) is 0 Å². The molecule has 0 aliphatic carbocycles. The maximum Gasteiger partial charge on any atom is 0.254 e. The van der Waals surface area contributed by atoms with Gasteiger partial charge in [0.25, 0.3) is 5.91 Å². The van der Waals surface area contributed by atoms with Gasteiger partial charge in [-0.25, -0.2) is 0 Å². The van der Waals surface area contributed by atoms with E-state index in [1.807, 2.05) is 30.0 Å². The van der Waals surface area contributed by atoms with Gasteiger partial charge in [0, 0.05) is 29.2 Å². The van der Waals surface area contributed by atoms with E-state index in [9.17, 15) is 4.79 Å². The smallest absolute Gasteiger partial charge is 0.254 e. The van der Waals surface area contributed by atoms with Crippen LogP contribution in [0.1, 0.15) is 35.7 Å². The maximum atomic E-state index is 12.7. The zero-order valence-corrected chi connectivity index (χ0v) is 13.1. The fourth-order valence-corrected chi connectivity index (χ4v) is 3.22. The van der Waals surface area contributed by atoms with E-state index >= 15 is 0 Å². The Balaban J connectivity index is 2.29. The zero-order valence-electron chi connectivity index (χ0n) is 11.5. The quantitative estimate of drug-likeness (QED) is 0.909. The average Bonchev–Trinajstić information content (AvgIpc) is 2.41. The van der Waals surface area contributed by atoms with Gasteiger partial charge in [0.15, 0.2) is 0 Å². The molecule has 19 heavy (non-hydrogen) atoms. The van der Waals surface area contributed by atoms with Gasteiger partial charge >= 0.3 is 0 Å². The molecule has 1 fully saturated rings. The maximum absolute atomic E-state index is 12.7. The third-order valence-electron chi connectivity index (χ3n) is 4.12. The molecule has 1 heterocycles. The Morgan fingerprint density at radius 3 is 2.95 bits per heavy atom. The van der Waals surface area contributed by atoms with Gasteiger partial charge in [-0.2, -0.15) is 0 Å². The topological polar surface area (TPSA) is 46.3 Å². The van der Waals surface area contributed by atoms with Crippen LogP contribution in [-0.2, 0) is 0 Å². The van der Waals surface area contributed by atoms with Crippen molar-refractivity contribution in [3.63, 3.8) is 0 Å². The van der Waals surface area contributed by atoms with Crippen LogP contribution in [0.3, 0.4) is 0 Å². The third-order valence-corrected chi connectivity index (χ3v) is 4.98. The molecule has 3 nitrogen and oxygen atoms in total. The lowest BCUT2D eigenvalue weighted by atomic mass is 9.90. The number of carbonyl (C=O) groups excluding carboxylic acids is 1. The molecule has 1 aromatic rings. The predicted molar refractivity (Wildman–Crippen MR) is 81.2 cm³/mol. The molecule has 1 aliphatic rings. The Labute approximate surface area is 123 Å². The van der Waals surface area contributed by atoms with E-state index in [0.717, 1.165) is 35.0 Å². The summed E-state index contributed by atoms with van der Waals surface area (Å²) in [5.41, 5.74) is 7.65. The lowest BCUT2D eigenvalue weighted by Gasteiger charge is -2.39. The van der Waals surface area contributed by atoms with Crippen molar-refractivity contribution in [2.24, 2.45) is 11.7 Å². The molecule has 0 spiro atoms. The number of nitrogens with two attached hydrogens (primary N) is 1. The Hall–Kier alpha value is -0.870. The molecule has 2 atom stereocenters. The predicted octanol–water partition coefficient (Wildman–Crippen LogP) is 2.96. The van der Waals surface area contributed by atoms with Gasteiger partial charge in [-0.05, 0) is 43.4 Å².